The van der Waals surface area contributed by atoms with Crippen LogP contribution in [0.15, 0.2) is 35.5 Å². The Morgan fingerprint density at radius 3 is 2.75 bits per heavy atom. The van der Waals surface area contributed by atoms with Crippen molar-refractivity contribution in [1.82, 2.24) is 5.32 Å². The van der Waals surface area contributed by atoms with Crippen molar-refractivity contribution in [3.8, 4) is 0 Å². The van der Waals surface area contributed by atoms with Crippen molar-refractivity contribution in [1.29, 1.82) is 0 Å². The van der Waals surface area contributed by atoms with Crippen LogP contribution in [0, 0.1) is 0 Å². The van der Waals surface area contributed by atoms with Crippen LogP contribution in [0.1, 0.15) is 13.8 Å². The first kappa shape index (κ1) is 8.78. The largest absolute Gasteiger partial charge is 0.348 e. The molecule has 0 spiro atoms. The number of carbonyl (C=O) groups is 1. The second-order valence-corrected chi connectivity index (χ2v) is 2.60. The maximum atomic E-state index is 11.1. The molecule has 1 aliphatic heterocycles. The summed E-state index contributed by atoms with van der Waals surface area (Å²) in [5, 5.41) is 2.77. The third kappa shape index (κ3) is 1.64. The van der Waals surface area contributed by atoms with Crippen LogP contribution >= 0.6 is 0 Å². The van der Waals surface area contributed by atoms with Gasteiger partial charge in [0.15, 0.2) is 0 Å². The van der Waals surface area contributed by atoms with Gasteiger partial charge in [-0.1, -0.05) is 24.3 Å². The molecular formula is C10H13NO. The molecule has 0 aromatic heterocycles. The van der Waals surface area contributed by atoms with E-state index in [1.807, 2.05) is 38.2 Å². The van der Waals surface area contributed by atoms with Crippen LogP contribution in [-0.2, 0) is 4.79 Å². The van der Waals surface area contributed by atoms with E-state index in [1.54, 1.807) is 0 Å². The van der Waals surface area contributed by atoms with Gasteiger partial charge in [0.2, 0.25) is 0 Å². The summed E-state index contributed by atoms with van der Waals surface area (Å²) >= 11 is 0. The summed E-state index contributed by atoms with van der Waals surface area (Å²) in [4.78, 5) is 11.1. The molecule has 2 nitrogen and oxygen atoms in total. The summed E-state index contributed by atoms with van der Waals surface area (Å²) in [6.45, 7) is 4.49. The number of rotatable bonds is 1. The van der Waals surface area contributed by atoms with Crippen LogP contribution in [0.25, 0.3) is 0 Å². The normalized spacial score (nSPS) is 24.3. The Morgan fingerprint density at radius 2 is 2.17 bits per heavy atom. The van der Waals surface area contributed by atoms with Crippen molar-refractivity contribution in [2.24, 2.45) is 0 Å². The first-order valence-electron chi connectivity index (χ1n) is 4.06. The highest BCUT2D eigenvalue weighted by atomic mass is 16.2. The van der Waals surface area contributed by atoms with Gasteiger partial charge >= 0.3 is 0 Å². The lowest BCUT2D eigenvalue weighted by atomic mass is 10.1. The van der Waals surface area contributed by atoms with Gasteiger partial charge in [0, 0.05) is 12.1 Å². The average molecular weight is 163 g/mol. The third-order valence-electron chi connectivity index (χ3n) is 1.81. The fourth-order valence-electron chi connectivity index (χ4n) is 1.19. The molecule has 1 fully saturated rings. The van der Waals surface area contributed by atoms with E-state index in [4.69, 9.17) is 0 Å². The van der Waals surface area contributed by atoms with E-state index in [0.717, 1.165) is 11.1 Å². The molecule has 1 rings (SSSR count). The molecule has 0 unspecified atom stereocenters. The van der Waals surface area contributed by atoms with Crippen molar-refractivity contribution in [2.75, 3.05) is 6.54 Å². The first-order chi connectivity index (χ1) is 5.79. The van der Waals surface area contributed by atoms with Crippen molar-refractivity contribution < 1.29 is 4.79 Å². The Labute approximate surface area is 72.7 Å². The highest BCUT2D eigenvalue weighted by Crippen LogP contribution is 2.15. The van der Waals surface area contributed by atoms with Crippen LogP contribution in [0.4, 0.5) is 0 Å². The Bertz CT molecular complexity index is 272. The SMILES string of the molecule is C\C=C/C=C1/CNC(=O)/C1=C/C. The molecule has 1 N–H and O–H groups in total. The van der Waals surface area contributed by atoms with Crippen molar-refractivity contribution in [2.45, 2.75) is 13.8 Å². The standard InChI is InChI=1S/C10H13NO/c1-3-5-6-8-7-11-10(12)9(8)4-2/h3-6H,7H2,1-2H3,(H,11,12)/b5-3-,8-6-,9-4+. The highest BCUT2D eigenvalue weighted by molar-refractivity contribution is 6.01. The zero-order valence-electron chi connectivity index (χ0n) is 7.42. The predicted molar refractivity (Wildman–Crippen MR) is 49.7 cm³/mol. The molecule has 1 aliphatic rings. The van der Waals surface area contributed by atoms with Gasteiger partial charge in [-0.3, -0.25) is 4.79 Å². The minimum Gasteiger partial charge on any atom is -0.348 e. The molecule has 2 heteroatoms. The van der Waals surface area contributed by atoms with E-state index in [2.05, 4.69) is 5.32 Å². The van der Waals surface area contributed by atoms with E-state index in [0.29, 0.717) is 6.54 Å². The molecule has 1 saturated heterocycles. The van der Waals surface area contributed by atoms with Gasteiger partial charge in [-0.25, -0.2) is 0 Å². The van der Waals surface area contributed by atoms with E-state index >= 15 is 0 Å². The van der Waals surface area contributed by atoms with E-state index in [1.165, 1.54) is 0 Å². The van der Waals surface area contributed by atoms with Crippen LogP contribution in [0.3, 0.4) is 0 Å². The zero-order valence-corrected chi connectivity index (χ0v) is 7.42. The maximum Gasteiger partial charge on any atom is 0.251 e. The summed E-state index contributed by atoms with van der Waals surface area (Å²) in [6, 6.07) is 0. The van der Waals surface area contributed by atoms with Crippen molar-refractivity contribution in [3.05, 3.63) is 35.5 Å². The molecule has 0 aliphatic carbocycles. The zero-order chi connectivity index (χ0) is 8.97. The molecule has 0 aromatic carbocycles. The average Bonchev–Trinajstić information content (AvgIpc) is 2.43. The molecule has 0 aromatic rings. The molecule has 1 amide bonds. The lowest BCUT2D eigenvalue weighted by Gasteiger charge is -1.92. The van der Waals surface area contributed by atoms with Gasteiger partial charge in [0.1, 0.15) is 0 Å². The Kier molecular flexibility index (Phi) is 2.86. The number of hydrogen-bond acceptors (Lipinski definition) is 1. The topological polar surface area (TPSA) is 29.1 Å². The number of nitrogens with one attached hydrogen (secondary N) is 1. The second kappa shape index (κ2) is 3.90. The van der Waals surface area contributed by atoms with E-state index in [-0.39, 0.29) is 5.91 Å². The summed E-state index contributed by atoms with van der Waals surface area (Å²) in [6.07, 6.45) is 7.70. The third-order valence-corrected chi connectivity index (χ3v) is 1.81. The van der Waals surface area contributed by atoms with Crippen molar-refractivity contribution >= 4 is 5.91 Å². The monoisotopic (exact) mass is 163 g/mol. The fraction of sp³-hybridized carbons (Fsp3) is 0.300. The summed E-state index contributed by atoms with van der Waals surface area (Å²) in [7, 11) is 0. The van der Waals surface area contributed by atoms with Crippen LogP contribution in [0.2, 0.25) is 0 Å². The highest BCUT2D eigenvalue weighted by Gasteiger charge is 2.19. The number of amides is 1. The molecule has 0 saturated carbocycles. The lowest BCUT2D eigenvalue weighted by Crippen LogP contribution is -2.13. The smallest absolute Gasteiger partial charge is 0.251 e. The molecule has 1 heterocycles. The van der Waals surface area contributed by atoms with Gasteiger partial charge in [-0.05, 0) is 19.4 Å². The van der Waals surface area contributed by atoms with E-state index in [9.17, 15) is 4.79 Å². The van der Waals surface area contributed by atoms with Gasteiger partial charge in [0.05, 0.1) is 0 Å². The van der Waals surface area contributed by atoms with Crippen LogP contribution in [-0.4, -0.2) is 12.5 Å². The molecule has 0 bridgehead atoms. The second-order valence-electron chi connectivity index (χ2n) is 2.60. The summed E-state index contributed by atoms with van der Waals surface area (Å²) < 4.78 is 0. The van der Waals surface area contributed by atoms with Crippen LogP contribution in [0.5, 0.6) is 0 Å². The number of carbonyl (C=O) groups excluding carboxylic acids is 1. The Hall–Kier alpha value is -1.31. The maximum absolute atomic E-state index is 11.1. The fourth-order valence-corrected chi connectivity index (χ4v) is 1.19. The summed E-state index contributed by atoms with van der Waals surface area (Å²) in [5.41, 5.74) is 1.87. The van der Waals surface area contributed by atoms with Crippen molar-refractivity contribution in [3.63, 3.8) is 0 Å². The van der Waals surface area contributed by atoms with Gasteiger partial charge in [-0.15, -0.1) is 0 Å². The quantitative estimate of drug-likeness (QED) is 0.584. The molecular weight excluding hydrogens is 150 g/mol. The van der Waals surface area contributed by atoms with Gasteiger partial charge < -0.3 is 5.32 Å². The minimum atomic E-state index is 0.0354. The predicted octanol–water partition coefficient (Wildman–Crippen LogP) is 1.57. The number of allylic oxidation sites excluding steroid dienone is 4. The minimum absolute atomic E-state index is 0.0354. The van der Waals surface area contributed by atoms with E-state index < -0.39 is 0 Å². The first-order valence-corrected chi connectivity index (χ1v) is 4.06. The van der Waals surface area contributed by atoms with Gasteiger partial charge in [0.25, 0.3) is 5.91 Å². The molecule has 0 atom stereocenters. The molecule has 12 heavy (non-hydrogen) atoms. The molecule has 0 radical (unpaired) electrons. The number of hydrogen-bond donors (Lipinski definition) is 1. The molecule has 64 valence electrons. The Balaban J connectivity index is 2.88. The lowest BCUT2D eigenvalue weighted by molar-refractivity contribution is -0.116. The van der Waals surface area contributed by atoms with Crippen LogP contribution < -0.4 is 5.32 Å². The van der Waals surface area contributed by atoms with Gasteiger partial charge in [-0.2, -0.15) is 0 Å². The summed E-state index contributed by atoms with van der Waals surface area (Å²) in [5.74, 6) is 0.0354. The Morgan fingerprint density at radius 1 is 1.42 bits per heavy atom.